The van der Waals surface area contributed by atoms with Crippen molar-refractivity contribution in [1.29, 1.82) is 0 Å². The Morgan fingerprint density at radius 1 is 1.31 bits per heavy atom. The van der Waals surface area contributed by atoms with Crippen LogP contribution in [0.15, 0.2) is 22.4 Å². The number of primary amides is 1. The molecule has 0 radical (unpaired) electrons. The summed E-state index contributed by atoms with van der Waals surface area (Å²) < 4.78 is 0. The molecule has 1 aliphatic rings. The fourth-order valence-corrected chi connectivity index (χ4v) is 0.974. The Morgan fingerprint density at radius 3 is 2.77 bits per heavy atom. The van der Waals surface area contributed by atoms with Crippen LogP contribution in [0.3, 0.4) is 0 Å². The smallest absolute Gasteiger partial charge is 0.316 e. The van der Waals surface area contributed by atoms with E-state index >= 15 is 0 Å². The van der Waals surface area contributed by atoms with E-state index in [0.29, 0.717) is 5.69 Å². The van der Waals surface area contributed by atoms with Crippen LogP contribution in [-0.2, 0) is 0 Å². The van der Waals surface area contributed by atoms with Gasteiger partial charge in [-0.15, -0.1) is 10.2 Å². The number of nitrogens with two attached hydrogens (primary N) is 1. The van der Waals surface area contributed by atoms with E-state index in [9.17, 15) is 9.59 Å². The van der Waals surface area contributed by atoms with Gasteiger partial charge >= 0.3 is 5.91 Å². The van der Waals surface area contributed by atoms with E-state index in [1.807, 2.05) is 0 Å². The van der Waals surface area contributed by atoms with E-state index in [2.05, 4.69) is 15.2 Å². The van der Waals surface area contributed by atoms with Gasteiger partial charge in [-0.05, 0) is 12.1 Å². The number of pyridine rings is 1. The van der Waals surface area contributed by atoms with E-state index in [1.165, 1.54) is 12.1 Å². The minimum absolute atomic E-state index is 0.0411. The van der Waals surface area contributed by atoms with Crippen molar-refractivity contribution in [2.24, 2.45) is 16.0 Å². The van der Waals surface area contributed by atoms with Gasteiger partial charge in [0.25, 0.3) is 5.91 Å². The molecule has 0 saturated carbocycles. The standard InChI is InChI=1S/C7H4N4O2/c8-6(12)4-2-1-3-5(9-4)7(13)11-10-3/h1-2H,(H2,8,12). The van der Waals surface area contributed by atoms with Crippen LogP contribution in [0, 0.1) is 0 Å². The number of aromatic nitrogens is 1. The van der Waals surface area contributed by atoms with Gasteiger partial charge in [0.2, 0.25) is 0 Å². The Morgan fingerprint density at radius 2 is 2.08 bits per heavy atom. The van der Waals surface area contributed by atoms with Crippen molar-refractivity contribution in [1.82, 2.24) is 4.98 Å². The number of carbonyl (C=O) groups is 2. The van der Waals surface area contributed by atoms with Crippen molar-refractivity contribution in [3.05, 3.63) is 23.5 Å². The second-order valence-corrected chi connectivity index (χ2v) is 2.43. The topological polar surface area (TPSA) is 97.8 Å². The monoisotopic (exact) mass is 176 g/mol. The van der Waals surface area contributed by atoms with Gasteiger partial charge in [0.15, 0.2) is 5.69 Å². The number of nitrogens with zero attached hydrogens (tertiary/aromatic N) is 3. The van der Waals surface area contributed by atoms with Crippen LogP contribution in [0.2, 0.25) is 0 Å². The molecule has 0 bridgehead atoms. The highest BCUT2D eigenvalue weighted by atomic mass is 16.2. The highest BCUT2D eigenvalue weighted by Gasteiger charge is 2.20. The van der Waals surface area contributed by atoms with Crippen molar-refractivity contribution < 1.29 is 9.59 Å². The fraction of sp³-hybridized carbons (Fsp3) is 0. The van der Waals surface area contributed by atoms with Crippen molar-refractivity contribution in [3.63, 3.8) is 0 Å². The maximum atomic E-state index is 11.0. The zero-order valence-electron chi connectivity index (χ0n) is 6.39. The van der Waals surface area contributed by atoms with E-state index in [-0.39, 0.29) is 11.4 Å². The number of hydrogen-bond acceptors (Lipinski definition) is 4. The lowest BCUT2D eigenvalue weighted by Crippen LogP contribution is -2.14. The molecule has 0 unspecified atom stereocenters. The molecule has 1 aromatic rings. The van der Waals surface area contributed by atoms with E-state index in [0.717, 1.165) is 0 Å². The average Bonchev–Trinajstić information content (AvgIpc) is 2.47. The first kappa shape index (κ1) is 7.53. The van der Waals surface area contributed by atoms with E-state index in [1.54, 1.807) is 0 Å². The molecule has 0 fully saturated rings. The Bertz CT molecular complexity index is 438. The molecule has 0 aliphatic carbocycles. The van der Waals surface area contributed by atoms with Crippen molar-refractivity contribution in [2.75, 3.05) is 0 Å². The van der Waals surface area contributed by atoms with E-state index in [4.69, 9.17) is 5.73 Å². The summed E-state index contributed by atoms with van der Waals surface area (Å²) in [6.45, 7) is 0. The zero-order valence-corrected chi connectivity index (χ0v) is 6.39. The minimum atomic E-state index is -0.678. The third kappa shape index (κ3) is 1.08. The predicted octanol–water partition coefficient (Wildman–Crippen LogP) is 0.418. The highest BCUT2D eigenvalue weighted by Crippen LogP contribution is 2.24. The lowest BCUT2D eigenvalue weighted by Gasteiger charge is -1.95. The molecule has 6 heteroatoms. The normalized spacial score (nSPS) is 13.1. The summed E-state index contributed by atoms with van der Waals surface area (Å²) in [6, 6.07) is 2.88. The molecule has 64 valence electrons. The first-order chi connectivity index (χ1) is 6.18. The third-order valence-electron chi connectivity index (χ3n) is 1.58. The lowest BCUT2D eigenvalue weighted by molar-refractivity contribution is 0.0994. The van der Waals surface area contributed by atoms with Gasteiger partial charge in [0.05, 0.1) is 0 Å². The quantitative estimate of drug-likeness (QED) is 0.671. The number of hydrogen-bond donors (Lipinski definition) is 1. The summed E-state index contributed by atoms with van der Waals surface area (Å²) in [6.07, 6.45) is 0. The van der Waals surface area contributed by atoms with Gasteiger partial charge in [-0.3, -0.25) is 9.59 Å². The Kier molecular flexibility index (Phi) is 1.42. The Balaban J connectivity index is 2.57. The molecule has 0 saturated heterocycles. The number of carbonyl (C=O) groups excluding carboxylic acids is 2. The largest absolute Gasteiger partial charge is 0.364 e. The van der Waals surface area contributed by atoms with Crippen LogP contribution in [0.4, 0.5) is 5.69 Å². The summed E-state index contributed by atoms with van der Waals surface area (Å²) in [5.41, 5.74) is 5.47. The summed E-state index contributed by atoms with van der Waals surface area (Å²) in [5, 5.41) is 6.82. The van der Waals surface area contributed by atoms with E-state index < -0.39 is 11.8 Å². The first-order valence-electron chi connectivity index (χ1n) is 3.45. The van der Waals surface area contributed by atoms with Gasteiger partial charge in [-0.25, -0.2) is 4.98 Å². The summed E-state index contributed by atoms with van der Waals surface area (Å²) >= 11 is 0. The van der Waals surface area contributed by atoms with Crippen LogP contribution >= 0.6 is 0 Å². The lowest BCUT2D eigenvalue weighted by atomic mass is 10.2. The molecule has 2 heterocycles. The molecule has 1 aliphatic heterocycles. The summed E-state index contributed by atoms with van der Waals surface area (Å²) in [7, 11) is 0. The molecule has 0 atom stereocenters. The van der Waals surface area contributed by atoms with Crippen LogP contribution in [0.5, 0.6) is 0 Å². The highest BCUT2D eigenvalue weighted by molar-refractivity contribution is 6.01. The Labute approximate surface area is 72.5 Å². The molecule has 2 rings (SSSR count). The van der Waals surface area contributed by atoms with Gasteiger partial charge in [-0.2, -0.15) is 0 Å². The van der Waals surface area contributed by atoms with Gasteiger partial charge in [-0.1, -0.05) is 0 Å². The molecular weight excluding hydrogens is 172 g/mol. The predicted molar refractivity (Wildman–Crippen MR) is 41.6 cm³/mol. The first-order valence-corrected chi connectivity index (χ1v) is 3.45. The molecule has 0 aromatic carbocycles. The maximum absolute atomic E-state index is 11.0. The Hall–Kier alpha value is -2.11. The van der Waals surface area contributed by atoms with Gasteiger partial charge in [0, 0.05) is 0 Å². The number of fused-ring (bicyclic) bond motifs is 1. The fourth-order valence-electron chi connectivity index (χ4n) is 0.974. The zero-order chi connectivity index (χ0) is 9.42. The number of azo groups is 1. The van der Waals surface area contributed by atoms with Crippen molar-refractivity contribution in [2.45, 2.75) is 0 Å². The minimum Gasteiger partial charge on any atom is -0.364 e. The number of rotatable bonds is 1. The van der Waals surface area contributed by atoms with Gasteiger partial charge in [0.1, 0.15) is 11.4 Å². The van der Waals surface area contributed by atoms with Crippen LogP contribution in [-0.4, -0.2) is 16.8 Å². The molecule has 2 N–H and O–H groups in total. The molecule has 2 amide bonds. The van der Waals surface area contributed by atoms with Crippen LogP contribution in [0.25, 0.3) is 0 Å². The summed E-state index contributed by atoms with van der Waals surface area (Å²) in [4.78, 5) is 25.4. The van der Waals surface area contributed by atoms with Crippen molar-refractivity contribution in [3.8, 4) is 0 Å². The van der Waals surface area contributed by atoms with Gasteiger partial charge < -0.3 is 5.73 Å². The molecule has 13 heavy (non-hydrogen) atoms. The molecular formula is C7H4N4O2. The third-order valence-corrected chi connectivity index (χ3v) is 1.58. The molecule has 6 nitrogen and oxygen atoms in total. The number of amides is 2. The average molecular weight is 176 g/mol. The van der Waals surface area contributed by atoms with Crippen molar-refractivity contribution >= 4 is 17.5 Å². The SMILES string of the molecule is NC(=O)c1ccc2c(n1)C(=O)N=N2. The summed E-state index contributed by atoms with van der Waals surface area (Å²) in [5.74, 6) is -1.22. The molecule has 0 spiro atoms. The second-order valence-electron chi connectivity index (χ2n) is 2.43. The second kappa shape index (κ2) is 2.44. The molecule has 1 aromatic heterocycles. The maximum Gasteiger partial charge on any atom is 0.316 e. The van der Waals surface area contributed by atoms with Crippen LogP contribution < -0.4 is 5.73 Å². The van der Waals surface area contributed by atoms with Crippen LogP contribution in [0.1, 0.15) is 21.0 Å².